The fourth-order valence-corrected chi connectivity index (χ4v) is 4.58. The van der Waals surface area contributed by atoms with Crippen LogP contribution in [-0.2, 0) is 4.79 Å². The first-order chi connectivity index (χ1) is 13.6. The molecule has 1 fully saturated rings. The number of methoxy groups -OCH3 is 1. The van der Waals surface area contributed by atoms with Crippen molar-refractivity contribution in [1.29, 1.82) is 0 Å². The Morgan fingerprint density at radius 2 is 2.18 bits per heavy atom. The molecule has 1 aliphatic carbocycles. The molecule has 2 aromatic heterocycles. The molecule has 2 atom stereocenters. The van der Waals surface area contributed by atoms with Crippen LogP contribution in [-0.4, -0.2) is 45.0 Å². The summed E-state index contributed by atoms with van der Waals surface area (Å²) >= 11 is 7.60. The Bertz CT molecular complexity index is 1020. The molecule has 0 aliphatic heterocycles. The zero-order chi connectivity index (χ0) is 19.7. The number of benzene rings is 1. The number of carbonyl (C=O) groups excluding carboxylic acids is 1. The lowest BCUT2D eigenvalue weighted by Crippen LogP contribution is -2.41. The highest BCUT2D eigenvalue weighted by molar-refractivity contribution is 7.99. The van der Waals surface area contributed by atoms with Crippen molar-refractivity contribution in [3.05, 3.63) is 17.2 Å². The lowest BCUT2D eigenvalue weighted by Gasteiger charge is -2.29. The molecule has 0 saturated heterocycles. The predicted molar refractivity (Wildman–Crippen MR) is 111 cm³/mol. The molecule has 0 bridgehead atoms. The molecule has 7 nitrogen and oxygen atoms in total. The number of fused-ring (bicyclic) bond motifs is 3. The number of aromatic nitrogens is 4. The van der Waals surface area contributed by atoms with Crippen LogP contribution in [0.4, 0.5) is 0 Å². The number of thioether (sulfide) groups is 1. The van der Waals surface area contributed by atoms with Gasteiger partial charge in [-0.2, -0.15) is 0 Å². The third-order valence-corrected chi connectivity index (χ3v) is 6.43. The number of hydrogen-bond donors (Lipinski definition) is 2. The van der Waals surface area contributed by atoms with Crippen LogP contribution in [0.2, 0.25) is 5.02 Å². The van der Waals surface area contributed by atoms with E-state index in [0.29, 0.717) is 33.0 Å². The monoisotopic (exact) mass is 419 g/mol. The summed E-state index contributed by atoms with van der Waals surface area (Å²) in [5.74, 6) is 1.46. The van der Waals surface area contributed by atoms with Crippen molar-refractivity contribution in [2.75, 3.05) is 12.9 Å². The van der Waals surface area contributed by atoms with Crippen molar-refractivity contribution < 1.29 is 9.53 Å². The van der Waals surface area contributed by atoms with Gasteiger partial charge in [0.2, 0.25) is 11.1 Å². The second-order valence-corrected chi connectivity index (χ2v) is 8.49. The number of halogens is 1. The topological polar surface area (TPSA) is 92.8 Å². The minimum absolute atomic E-state index is 0.00816. The van der Waals surface area contributed by atoms with Gasteiger partial charge in [-0.1, -0.05) is 43.1 Å². The van der Waals surface area contributed by atoms with Crippen molar-refractivity contribution >= 4 is 51.3 Å². The molecular weight excluding hydrogens is 398 g/mol. The molecule has 1 aromatic carbocycles. The number of H-pyrrole nitrogens is 1. The van der Waals surface area contributed by atoms with E-state index in [0.717, 1.165) is 17.3 Å². The minimum atomic E-state index is 0.00816. The van der Waals surface area contributed by atoms with E-state index < -0.39 is 0 Å². The molecule has 1 saturated carbocycles. The molecule has 1 aliphatic rings. The molecular formula is C19H22ClN5O2S. The molecule has 0 unspecified atom stereocenters. The van der Waals surface area contributed by atoms with Crippen LogP contribution in [0.1, 0.15) is 32.6 Å². The van der Waals surface area contributed by atoms with Crippen LogP contribution in [0.5, 0.6) is 5.75 Å². The Hall–Kier alpha value is -2.06. The van der Waals surface area contributed by atoms with Crippen LogP contribution >= 0.6 is 23.4 Å². The fourth-order valence-electron chi connectivity index (χ4n) is 3.74. The maximum absolute atomic E-state index is 12.3. The first-order valence-corrected chi connectivity index (χ1v) is 10.7. The van der Waals surface area contributed by atoms with Gasteiger partial charge in [0.15, 0.2) is 5.65 Å². The number of amides is 1. The number of nitrogens with one attached hydrogen (secondary N) is 2. The van der Waals surface area contributed by atoms with Gasteiger partial charge in [0.25, 0.3) is 0 Å². The number of hydrogen-bond acceptors (Lipinski definition) is 6. The predicted octanol–water partition coefficient (Wildman–Crippen LogP) is 3.96. The van der Waals surface area contributed by atoms with Gasteiger partial charge >= 0.3 is 0 Å². The summed E-state index contributed by atoms with van der Waals surface area (Å²) in [6, 6.07) is 3.82. The summed E-state index contributed by atoms with van der Waals surface area (Å²) in [6.07, 6.45) is 4.66. The standard InChI is InChI=1S/C19H22ClN5O2S/c1-10-5-3-4-6-12(10)21-14(26)9-28-19-23-18-17(24-25-19)15-11(20)7-8-13(27-2)16(15)22-18/h7-8,10,12H,3-6,9H2,1-2H3,(H,21,26)(H,22,23,25)/t10-,12-/m1/s1. The van der Waals surface area contributed by atoms with E-state index in [-0.39, 0.29) is 17.7 Å². The van der Waals surface area contributed by atoms with Crippen molar-refractivity contribution in [2.24, 2.45) is 5.92 Å². The van der Waals surface area contributed by atoms with Crippen LogP contribution in [0.3, 0.4) is 0 Å². The number of carbonyl (C=O) groups is 1. The van der Waals surface area contributed by atoms with Gasteiger partial charge in [-0.05, 0) is 30.9 Å². The second kappa shape index (κ2) is 8.13. The zero-order valence-electron chi connectivity index (χ0n) is 15.8. The SMILES string of the molecule is COc1ccc(Cl)c2c1[nH]c1nc(SCC(=O)N[C@@H]3CCCC[C@H]3C)nnc12. The summed E-state index contributed by atoms with van der Waals surface area (Å²) in [7, 11) is 1.60. The maximum Gasteiger partial charge on any atom is 0.230 e. The average molecular weight is 420 g/mol. The van der Waals surface area contributed by atoms with Gasteiger partial charge in [0, 0.05) is 6.04 Å². The van der Waals surface area contributed by atoms with E-state index >= 15 is 0 Å². The van der Waals surface area contributed by atoms with Gasteiger partial charge in [-0.25, -0.2) is 4.98 Å². The van der Waals surface area contributed by atoms with Crippen LogP contribution in [0.25, 0.3) is 22.1 Å². The molecule has 4 rings (SSSR count). The quantitative estimate of drug-likeness (QED) is 0.608. The van der Waals surface area contributed by atoms with E-state index in [1.165, 1.54) is 31.0 Å². The van der Waals surface area contributed by atoms with Crippen molar-refractivity contribution in [3.8, 4) is 5.75 Å². The first kappa shape index (κ1) is 19.3. The number of nitrogens with zero attached hydrogens (tertiary/aromatic N) is 3. The van der Waals surface area contributed by atoms with Gasteiger partial charge in [0.05, 0.1) is 28.8 Å². The van der Waals surface area contributed by atoms with Gasteiger partial charge in [-0.15, -0.1) is 10.2 Å². The number of rotatable bonds is 5. The highest BCUT2D eigenvalue weighted by Crippen LogP contribution is 2.35. The molecule has 2 heterocycles. The Morgan fingerprint density at radius 1 is 1.36 bits per heavy atom. The second-order valence-electron chi connectivity index (χ2n) is 7.14. The van der Waals surface area contributed by atoms with Crippen molar-refractivity contribution in [2.45, 2.75) is 43.8 Å². The minimum Gasteiger partial charge on any atom is -0.495 e. The molecule has 0 radical (unpaired) electrons. The third-order valence-electron chi connectivity index (χ3n) is 5.27. The molecule has 148 valence electrons. The first-order valence-electron chi connectivity index (χ1n) is 9.37. The largest absolute Gasteiger partial charge is 0.495 e. The summed E-state index contributed by atoms with van der Waals surface area (Å²) < 4.78 is 5.38. The molecule has 28 heavy (non-hydrogen) atoms. The van der Waals surface area contributed by atoms with Crippen LogP contribution < -0.4 is 10.1 Å². The Balaban J connectivity index is 1.49. The normalized spacial score (nSPS) is 19.8. The zero-order valence-corrected chi connectivity index (χ0v) is 17.4. The van der Waals surface area contributed by atoms with E-state index in [2.05, 4.69) is 32.4 Å². The Labute approximate surface area is 172 Å². The van der Waals surface area contributed by atoms with Gasteiger partial charge < -0.3 is 15.0 Å². The number of ether oxygens (including phenoxy) is 1. The molecule has 0 spiro atoms. The Kier molecular flexibility index (Phi) is 5.59. The van der Waals surface area contributed by atoms with Gasteiger partial charge in [-0.3, -0.25) is 4.79 Å². The van der Waals surface area contributed by atoms with E-state index in [4.69, 9.17) is 16.3 Å². The summed E-state index contributed by atoms with van der Waals surface area (Å²) in [4.78, 5) is 20.0. The van der Waals surface area contributed by atoms with Crippen LogP contribution in [0.15, 0.2) is 17.3 Å². The lowest BCUT2D eigenvalue weighted by molar-refractivity contribution is -0.119. The maximum atomic E-state index is 12.3. The molecule has 9 heteroatoms. The van der Waals surface area contributed by atoms with E-state index in [9.17, 15) is 4.79 Å². The van der Waals surface area contributed by atoms with Crippen LogP contribution in [0, 0.1) is 5.92 Å². The van der Waals surface area contributed by atoms with Crippen molar-refractivity contribution in [1.82, 2.24) is 25.5 Å². The molecule has 3 aromatic rings. The lowest BCUT2D eigenvalue weighted by atomic mass is 9.86. The number of aromatic amines is 1. The summed E-state index contributed by atoms with van der Waals surface area (Å²) in [6.45, 7) is 2.20. The highest BCUT2D eigenvalue weighted by atomic mass is 35.5. The van der Waals surface area contributed by atoms with Crippen molar-refractivity contribution in [3.63, 3.8) is 0 Å². The highest BCUT2D eigenvalue weighted by Gasteiger charge is 2.23. The fraction of sp³-hybridized carbons (Fsp3) is 0.474. The smallest absolute Gasteiger partial charge is 0.230 e. The molecule has 1 amide bonds. The van der Waals surface area contributed by atoms with Gasteiger partial charge in [0.1, 0.15) is 11.3 Å². The van der Waals surface area contributed by atoms with E-state index in [1.807, 2.05) is 0 Å². The Morgan fingerprint density at radius 3 is 2.96 bits per heavy atom. The third kappa shape index (κ3) is 3.75. The average Bonchev–Trinajstić information content (AvgIpc) is 3.08. The molecule has 2 N–H and O–H groups in total. The van der Waals surface area contributed by atoms with E-state index in [1.54, 1.807) is 19.2 Å². The summed E-state index contributed by atoms with van der Waals surface area (Å²) in [5, 5.41) is 13.3. The summed E-state index contributed by atoms with van der Waals surface area (Å²) in [5.41, 5.74) is 1.89.